The second-order valence-corrected chi connectivity index (χ2v) is 7.17. The van der Waals surface area contributed by atoms with Gasteiger partial charge in [0.15, 0.2) is 0 Å². The standard InChI is InChI=1S/C15H24N2O3S/c1-2-3-10-17(11-12-18)14-6-8-15(9-7-14)21(19,20)16-13-4-5-13/h6-9,13,16,18H,2-5,10-12H2,1H3. The molecule has 6 heteroatoms. The monoisotopic (exact) mass is 312 g/mol. The van der Waals surface area contributed by atoms with Crippen LogP contribution in [0.25, 0.3) is 0 Å². The Hall–Kier alpha value is -1.11. The normalized spacial score (nSPS) is 15.1. The van der Waals surface area contributed by atoms with Crippen LogP contribution >= 0.6 is 0 Å². The van der Waals surface area contributed by atoms with Crippen molar-refractivity contribution in [3.63, 3.8) is 0 Å². The van der Waals surface area contributed by atoms with Gasteiger partial charge in [0.05, 0.1) is 11.5 Å². The number of hydrogen-bond acceptors (Lipinski definition) is 4. The molecule has 0 saturated heterocycles. The van der Waals surface area contributed by atoms with E-state index >= 15 is 0 Å². The number of aliphatic hydroxyl groups is 1. The summed E-state index contributed by atoms with van der Waals surface area (Å²) in [6.07, 6.45) is 3.99. The Labute approximate surface area is 127 Å². The summed E-state index contributed by atoms with van der Waals surface area (Å²) in [5, 5.41) is 9.14. The Morgan fingerprint density at radius 2 is 1.90 bits per heavy atom. The molecule has 118 valence electrons. The van der Waals surface area contributed by atoms with Crippen molar-refractivity contribution in [2.45, 2.75) is 43.5 Å². The van der Waals surface area contributed by atoms with Gasteiger partial charge in [0.25, 0.3) is 0 Å². The van der Waals surface area contributed by atoms with E-state index in [2.05, 4.69) is 16.5 Å². The minimum absolute atomic E-state index is 0.0903. The first-order valence-electron chi connectivity index (χ1n) is 7.55. The Kier molecular flexibility index (Phi) is 5.61. The smallest absolute Gasteiger partial charge is 0.240 e. The second kappa shape index (κ2) is 7.24. The van der Waals surface area contributed by atoms with Gasteiger partial charge in [-0.25, -0.2) is 13.1 Å². The molecule has 0 aromatic heterocycles. The largest absolute Gasteiger partial charge is 0.395 e. The molecule has 0 spiro atoms. The van der Waals surface area contributed by atoms with Gasteiger partial charge < -0.3 is 10.0 Å². The number of sulfonamides is 1. The molecule has 0 bridgehead atoms. The summed E-state index contributed by atoms with van der Waals surface area (Å²) in [7, 11) is -3.39. The average Bonchev–Trinajstić information content (AvgIpc) is 3.27. The predicted octanol–water partition coefficient (Wildman–Crippen LogP) is 1.73. The number of rotatable bonds is 9. The molecular weight excluding hydrogens is 288 g/mol. The molecule has 21 heavy (non-hydrogen) atoms. The number of anilines is 1. The third kappa shape index (κ3) is 4.69. The summed E-state index contributed by atoms with van der Waals surface area (Å²) in [6, 6.07) is 7.01. The fourth-order valence-corrected chi connectivity index (χ4v) is 3.47. The fourth-order valence-electron chi connectivity index (χ4n) is 2.16. The van der Waals surface area contributed by atoms with E-state index in [4.69, 9.17) is 5.11 Å². The first-order valence-corrected chi connectivity index (χ1v) is 9.03. The van der Waals surface area contributed by atoms with Gasteiger partial charge in [0.1, 0.15) is 0 Å². The number of aliphatic hydroxyl groups excluding tert-OH is 1. The van der Waals surface area contributed by atoms with Gasteiger partial charge in [0.2, 0.25) is 10.0 Å². The van der Waals surface area contributed by atoms with Crippen LogP contribution < -0.4 is 9.62 Å². The molecule has 2 rings (SSSR count). The van der Waals surface area contributed by atoms with Gasteiger partial charge in [-0.3, -0.25) is 0 Å². The number of nitrogens with zero attached hydrogens (tertiary/aromatic N) is 1. The van der Waals surface area contributed by atoms with Crippen molar-refractivity contribution < 1.29 is 13.5 Å². The van der Waals surface area contributed by atoms with E-state index in [1.165, 1.54) is 0 Å². The van der Waals surface area contributed by atoms with Crippen molar-refractivity contribution in [2.24, 2.45) is 0 Å². The zero-order valence-corrected chi connectivity index (χ0v) is 13.3. The summed E-state index contributed by atoms with van der Waals surface area (Å²) in [4.78, 5) is 2.38. The van der Waals surface area contributed by atoms with Crippen LogP contribution in [-0.2, 0) is 10.0 Å². The van der Waals surface area contributed by atoms with Crippen LogP contribution in [0.3, 0.4) is 0 Å². The summed E-state index contributed by atoms with van der Waals surface area (Å²) in [6.45, 7) is 3.64. The van der Waals surface area contributed by atoms with Crippen molar-refractivity contribution >= 4 is 15.7 Å². The molecule has 1 aromatic rings. The maximum Gasteiger partial charge on any atom is 0.240 e. The number of unbranched alkanes of at least 4 members (excludes halogenated alkanes) is 1. The lowest BCUT2D eigenvalue weighted by Crippen LogP contribution is -2.28. The molecule has 0 heterocycles. The molecule has 0 atom stereocenters. The lowest BCUT2D eigenvalue weighted by molar-refractivity contribution is 0.301. The van der Waals surface area contributed by atoms with Gasteiger partial charge in [-0.15, -0.1) is 0 Å². The minimum atomic E-state index is -3.39. The molecular formula is C15H24N2O3S. The van der Waals surface area contributed by atoms with Crippen molar-refractivity contribution in [3.8, 4) is 0 Å². The highest BCUT2D eigenvalue weighted by Gasteiger charge is 2.27. The molecule has 1 saturated carbocycles. The summed E-state index contributed by atoms with van der Waals surface area (Å²) in [5.41, 5.74) is 0.947. The highest BCUT2D eigenvalue weighted by atomic mass is 32.2. The van der Waals surface area contributed by atoms with E-state index in [-0.39, 0.29) is 12.6 Å². The minimum Gasteiger partial charge on any atom is -0.395 e. The van der Waals surface area contributed by atoms with Crippen LogP contribution in [0.5, 0.6) is 0 Å². The van der Waals surface area contributed by atoms with E-state index in [1.54, 1.807) is 12.1 Å². The van der Waals surface area contributed by atoms with Crippen molar-refractivity contribution in [2.75, 3.05) is 24.6 Å². The molecule has 0 amide bonds. The van der Waals surface area contributed by atoms with Gasteiger partial charge in [-0.05, 0) is 43.5 Å². The summed E-state index contributed by atoms with van der Waals surface area (Å²) < 4.78 is 26.9. The van der Waals surface area contributed by atoms with Crippen LogP contribution in [0.4, 0.5) is 5.69 Å². The first kappa shape index (κ1) is 16.3. The molecule has 1 aromatic carbocycles. The van der Waals surface area contributed by atoms with Gasteiger partial charge >= 0.3 is 0 Å². The van der Waals surface area contributed by atoms with Gasteiger partial charge in [-0.1, -0.05) is 13.3 Å². The van der Waals surface area contributed by atoms with Crippen LogP contribution in [0.15, 0.2) is 29.2 Å². The maximum absolute atomic E-state index is 12.1. The first-order chi connectivity index (χ1) is 10.1. The topological polar surface area (TPSA) is 69.6 Å². The fraction of sp³-hybridized carbons (Fsp3) is 0.600. The molecule has 2 N–H and O–H groups in total. The van der Waals surface area contributed by atoms with Crippen molar-refractivity contribution in [1.29, 1.82) is 0 Å². The van der Waals surface area contributed by atoms with Crippen LogP contribution in [0.2, 0.25) is 0 Å². The Balaban J connectivity index is 2.08. The van der Waals surface area contributed by atoms with Crippen LogP contribution in [0.1, 0.15) is 32.6 Å². The molecule has 1 aliphatic rings. The van der Waals surface area contributed by atoms with Crippen LogP contribution in [-0.4, -0.2) is 39.3 Å². The van der Waals surface area contributed by atoms with E-state index in [0.29, 0.717) is 11.4 Å². The predicted molar refractivity (Wildman–Crippen MR) is 84.0 cm³/mol. The molecule has 0 radical (unpaired) electrons. The van der Waals surface area contributed by atoms with E-state index in [9.17, 15) is 8.42 Å². The SMILES string of the molecule is CCCCN(CCO)c1ccc(S(=O)(=O)NC2CC2)cc1. The van der Waals surface area contributed by atoms with Crippen LogP contribution in [0, 0.1) is 0 Å². The molecule has 0 unspecified atom stereocenters. The lowest BCUT2D eigenvalue weighted by Gasteiger charge is -2.24. The summed E-state index contributed by atoms with van der Waals surface area (Å²) >= 11 is 0. The van der Waals surface area contributed by atoms with Gasteiger partial charge in [0, 0.05) is 24.8 Å². The number of benzene rings is 1. The number of nitrogens with one attached hydrogen (secondary N) is 1. The van der Waals surface area contributed by atoms with Crippen molar-refractivity contribution in [3.05, 3.63) is 24.3 Å². The van der Waals surface area contributed by atoms with E-state index < -0.39 is 10.0 Å². The van der Waals surface area contributed by atoms with E-state index in [1.807, 2.05) is 12.1 Å². The molecule has 1 aliphatic carbocycles. The maximum atomic E-state index is 12.1. The van der Waals surface area contributed by atoms with Gasteiger partial charge in [-0.2, -0.15) is 0 Å². The average molecular weight is 312 g/mol. The highest BCUT2D eigenvalue weighted by molar-refractivity contribution is 7.89. The summed E-state index contributed by atoms with van der Waals surface area (Å²) in [5.74, 6) is 0. The Morgan fingerprint density at radius 1 is 1.24 bits per heavy atom. The third-order valence-electron chi connectivity index (χ3n) is 3.56. The Morgan fingerprint density at radius 3 is 2.43 bits per heavy atom. The second-order valence-electron chi connectivity index (χ2n) is 5.45. The third-order valence-corrected chi connectivity index (χ3v) is 5.10. The zero-order chi connectivity index (χ0) is 15.3. The number of hydrogen-bond donors (Lipinski definition) is 2. The molecule has 0 aliphatic heterocycles. The highest BCUT2D eigenvalue weighted by Crippen LogP contribution is 2.23. The van der Waals surface area contributed by atoms with Crippen molar-refractivity contribution in [1.82, 2.24) is 4.72 Å². The van der Waals surface area contributed by atoms with E-state index in [0.717, 1.165) is 37.9 Å². The molecule has 1 fully saturated rings. The Bertz CT molecular complexity index is 539. The zero-order valence-electron chi connectivity index (χ0n) is 12.5. The lowest BCUT2D eigenvalue weighted by atomic mass is 10.2. The molecule has 5 nitrogen and oxygen atoms in total. The quantitative estimate of drug-likeness (QED) is 0.728.